The van der Waals surface area contributed by atoms with Gasteiger partial charge in [0.1, 0.15) is 0 Å². The molecule has 0 bridgehead atoms. The number of aromatic nitrogens is 2. The molecule has 0 fully saturated rings. The lowest BCUT2D eigenvalue weighted by Crippen LogP contribution is -2.15. The summed E-state index contributed by atoms with van der Waals surface area (Å²) in [7, 11) is 1.90. The number of nitrogens with zero attached hydrogens (tertiary/aromatic N) is 2. The normalized spacial score (nSPS) is 14.1. The van der Waals surface area contributed by atoms with Gasteiger partial charge < -0.3 is 19.9 Å². The lowest BCUT2D eigenvalue weighted by molar-refractivity contribution is 0.0930. The van der Waals surface area contributed by atoms with Crippen molar-refractivity contribution in [1.29, 1.82) is 0 Å². The molecule has 2 rings (SSSR count). The highest BCUT2D eigenvalue weighted by atomic mass is 32.2. The van der Waals surface area contributed by atoms with Crippen LogP contribution in [0.25, 0.3) is 0 Å². The van der Waals surface area contributed by atoms with Gasteiger partial charge in [0.15, 0.2) is 5.16 Å². The number of rotatable bonds is 7. The van der Waals surface area contributed by atoms with E-state index < -0.39 is 12.2 Å². The Hall–Kier alpha value is -1.34. The Morgan fingerprint density at radius 3 is 2.52 bits per heavy atom. The van der Waals surface area contributed by atoms with Gasteiger partial charge in [-0.25, -0.2) is 4.98 Å². The van der Waals surface area contributed by atoms with Gasteiger partial charge in [-0.3, -0.25) is 0 Å². The van der Waals surface area contributed by atoms with Crippen molar-refractivity contribution >= 4 is 11.8 Å². The molecular weight excluding hydrogens is 288 g/mol. The first-order chi connectivity index (χ1) is 10.1. The minimum Gasteiger partial charge on any atom is -0.392 e. The molecule has 5 nitrogen and oxygen atoms in total. The first-order valence-corrected chi connectivity index (χ1v) is 7.74. The molecule has 3 N–H and O–H groups in total. The highest BCUT2D eigenvalue weighted by Gasteiger charge is 2.15. The number of hydrogen-bond donors (Lipinski definition) is 3. The van der Waals surface area contributed by atoms with Crippen LogP contribution in [0.1, 0.15) is 23.7 Å². The fraction of sp³-hybridized carbons (Fsp3) is 0.400. The summed E-state index contributed by atoms with van der Waals surface area (Å²) in [6, 6.07) is 7.09. The molecule has 2 unspecified atom stereocenters. The van der Waals surface area contributed by atoms with E-state index in [9.17, 15) is 10.2 Å². The zero-order chi connectivity index (χ0) is 15.2. The lowest BCUT2D eigenvalue weighted by Gasteiger charge is -2.16. The van der Waals surface area contributed by atoms with Crippen molar-refractivity contribution in [2.24, 2.45) is 7.05 Å². The number of thioether (sulfide) groups is 1. The van der Waals surface area contributed by atoms with Gasteiger partial charge in [0, 0.05) is 31.6 Å². The first-order valence-electron chi connectivity index (χ1n) is 6.76. The summed E-state index contributed by atoms with van der Waals surface area (Å²) in [5.41, 5.74) is 1.55. The molecular formula is C15H20N2O3S. The van der Waals surface area contributed by atoms with Crippen LogP contribution in [0, 0.1) is 0 Å². The topological polar surface area (TPSA) is 78.5 Å². The Bertz CT molecular complexity index is 556. The van der Waals surface area contributed by atoms with Crippen molar-refractivity contribution in [2.45, 2.75) is 30.4 Å². The summed E-state index contributed by atoms with van der Waals surface area (Å²) in [5, 5.41) is 30.0. The smallest absolute Gasteiger partial charge is 0.167 e. The second-order valence-electron chi connectivity index (χ2n) is 4.94. The molecule has 0 radical (unpaired) electrons. The number of hydrogen-bond acceptors (Lipinski definition) is 5. The van der Waals surface area contributed by atoms with Crippen LogP contribution in [0.2, 0.25) is 0 Å². The van der Waals surface area contributed by atoms with E-state index in [1.807, 2.05) is 17.8 Å². The van der Waals surface area contributed by atoms with Crippen molar-refractivity contribution in [3.8, 4) is 0 Å². The van der Waals surface area contributed by atoms with E-state index in [1.165, 1.54) is 11.8 Å². The maximum absolute atomic E-state index is 10.1. The molecule has 1 aromatic heterocycles. The van der Waals surface area contributed by atoms with Gasteiger partial charge >= 0.3 is 0 Å². The summed E-state index contributed by atoms with van der Waals surface area (Å²) in [6.45, 7) is -0.0146. The molecule has 2 aromatic rings. The van der Waals surface area contributed by atoms with Crippen LogP contribution in [0.5, 0.6) is 0 Å². The second kappa shape index (κ2) is 7.61. The minimum atomic E-state index is -0.713. The Balaban J connectivity index is 1.83. The van der Waals surface area contributed by atoms with Crippen molar-refractivity contribution < 1.29 is 15.3 Å². The molecule has 0 amide bonds. The van der Waals surface area contributed by atoms with E-state index in [0.29, 0.717) is 5.75 Å². The third-order valence-electron chi connectivity index (χ3n) is 3.22. The van der Waals surface area contributed by atoms with E-state index in [0.717, 1.165) is 16.3 Å². The molecule has 0 aliphatic rings. The summed E-state index contributed by atoms with van der Waals surface area (Å²) in [5.74, 6) is 0.483. The van der Waals surface area contributed by atoms with Gasteiger partial charge in [0.25, 0.3) is 0 Å². The molecule has 6 heteroatoms. The van der Waals surface area contributed by atoms with Gasteiger partial charge in [-0.2, -0.15) is 0 Å². The molecule has 1 aromatic carbocycles. The number of imidazole rings is 1. The predicted molar refractivity (Wildman–Crippen MR) is 81.9 cm³/mol. The van der Waals surface area contributed by atoms with E-state index >= 15 is 0 Å². The lowest BCUT2D eigenvalue weighted by atomic mass is 10.0. The quantitative estimate of drug-likeness (QED) is 0.676. The Morgan fingerprint density at radius 2 is 1.95 bits per heavy atom. The average molecular weight is 308 g/mol. The van der Waals surface area contributed by atoms with E-state index in [2.05, 4.69) is 4.98 Å². The molecule has 21 heavy (non-hydrogen) atoms. The van der Waals surface area contributed by atoms with Crippen LogP contribution in [0.3, 0.4) is 0 Å². The zero-order valence-corrected chi connectivity index (χ0v) is 12.7. The van der Waals surface area contributed by atoms with Crippen LogP contribution in [-0.4, -0.2) is 36.7 Å². The van der Waals surface area contributed by atoms with E-state index in [1.54, 1.807) is 30.5 Å². The maximum atomic E-state index is 10.1. The van der Waals surface area contributed by atoms with Gasteiger partial charge in [-0.15, -0.1) is 0 Å². The SMILES string of the molecule is Cn1ccnc1SCC(O)CC(O)c1ccc(CO)cc1. The predicted octanol–water partition coefficient (Wildman–Crippen LogP) is 1.49. The van der Waals surface area contributed by atoms with Crippen LogP contribution < -0.4 is 0 Å². The largest absolute Gasteiger partial charge is 0.392 e. The van der Waals surface area contributed by atoms with E-state index in [4.69, 9.17) is 5.11 Å². The minimum absolute atomic E-state index is 0.0146. The summed E-state index contributed by atoms with van der Waals surface area (Å²) in [4.78, 5) is 4.17. The number of aliphatic hydroxyl groups is 3. The monoisotopic (exact) mass is 308 g/mol. The van der Waals surface area contributed by atoms with E-state index in [-0.39, 0.29) is 13.0 Å². The highest BCUT2D eigenvalue weighted by Crippen LogP contribution is 2.22. The van der Waals surface area contributed by atoms with Gasteiger partial charge in [-0.05, 0) is 11.1 Å². The summed E-state index contributed by atoms with van der Waals surface area (Å²) in [6.07, 6.45) is 2.52. The fourth-order valence-corrected chi connectivity index (χ4v) is 2.85. The first kappa shape index (κ1) is 16.0. The Morgan fingerprint density at radius 1 is 1.24 bits per heavy atom. The third-order valence-corrected chi connectivity index (χ3v) is 4.43. The average Bonchev–Trinajstić information content (AvgIpc) is 2.90. The molecule has 114 valence electrons. The standard InChI is InChI=1S/C15H20N2O3S/c1-17-7-6-16-15(17)21-10-13(19)8-14(20)12-4-2-11(9-18)3-5-12/h2-7,13-14,18-20H,8-10H2,1H3. The van der Waals surface area contributed by atoms with Crippen LogP contribution >= 0.6 is 11.8 Å². The molecule has 0 aliphatic heterocycles. The Labute approximate surface area is 128 Å². The molecule has 0 saturated carbocycles. The summed E-state index contributed by atoms with van der Waals surface area (Å²) >= 11 is 1.46. The van der Waals surface area contributed by atoms with Crippen molar-refractivity contribution in [3.63, 3.8) is 0 Å². The maximum Gasteiger partial charge on any atom is 0.167 e. The zero-order valence-electron chi connectivity index (χ0n) is 11.9. The van der Waals surface area contributed by atoms with Gasteiger partial charge in [0.05, 0.1) is 18.8 Å². The number of benzene rings is 1. The van der Waals surface area contributed by atoms with Crippen molar-refractivity contribution in [3.05, 3.63) is 47.8 Å². The number of aryl methyl sites for hydroxylation is 1. The Kier molecular flexibility index (Phi) is 5.81. The van der Waals surface area contributed by atoms with Crippen LogP contribution in [0.4, 0.5) is 0 Å². The highest BCUT2D eigenvalue weighted by molar-refractivity contribution is 7.99. The van der Waals surface area contributed by atoms with Gasteiger partial charge in [0.2, 0.25) is 0 Å². The van der Waals surface area contributed by atoms with Crippen molar-refractivity contribution in [1.82, 2.24) is 9.55 Å². The van der Waals surface area contributed by atoms with Crippen LogP contribution in [0.15, 0.2) is 41.8 Å². The molecule has 1 heterocycles. The third kappa shape index (κ3) is 4.57. The molecule has 2 atom stereocenters. The second-order valence-corrected chi connectivity index (χ2v) is 5.92. The summed E-state index contributed by atoms with van der Waals surface area (Å²) < 4.78 is 1.89. The molecule has 0 aliphatic carbocycles. The molecule has 0 saturated heterocycles. The van der Waals surface area contributed by atoms with Gasteiger partial charge in [-0.1, -0.05) is 36.0 Å². The van der Waals surface area contributed by atoms with Crippen molar-refractivity contribution in [2.75, 3.05) is 5.75 Å². The fourth-order valence-electron chi connectivity index (χ4n) is 1.97. The number of aliphatic hydroxyl groups excluding tert-OH is 3. The van der Waals surface area contributed by atoms with Crippen LogP contribution in [-0.2, 0) is 13.7 Å². The molecule has 0 spiro atoms.